The molecule has 0 amide bonds. The van der Waals surface area contributed by atoms with E-state index in [0.29, 0.717) is 6.04 Å². The topological polar surface area (TPSA) is 15.3 Å². The van der Waals surface area contributed by atoms with Gasteiger partial charge in [-0.15, -0.1) is 0 Å². The smallest absolute Gasteiger partial charge is 0.0499 e. The van der Waals surface area contributed by atoms with Crippen LogP contribution < -0.4 is 5.32 Å². The zero-order chi connectivity index (χ0) is 13.2. The molecule has 1 aliphatic heterocycles. The molecule has 2 heteroatoms. The van der Waals surface area contributed by atoms with E-state index >= 15 is 0 Å². The molecule has 0 spiro atoms. The third kappa shape index (κ3) is 2.60. The van der Waals surface area contributed by atoms with Crippen LogP contribution in [0.15, 0.2) is 24.3 Å². The van der Waals surface area contributed by atoms with E-state index in [1.54, 1.807) is 0 Å². The highest BCUT2D eigenvalue weighted by Crippen LogP contribution is 2.33. The van der Waals surface area contributed by atoms with Gasteiger partial charge in [0.25, 0.3) is 0 Å². The van der Waals surface area contributed by atoms with Gasteiger partial charge in [-0.25, -0.2) is 0 Å². The summed E-state index contributed by atoms with van der Waals surface area (Å²) >= 11 is 0. The van der Waals surface area contributed by atoms with E-state index in [9.17, 15) is 0 Å². The summed E-state index contributed by atoms with van der Waals surface area (Å²) in [5, 5.41) is 3.51. The zero-order valence-electron chi connectivity index (χ0n) is 12.2. The van der Waals surface area contributed by atoms with Crippen LogP contribution in [0, 0.1) is 6.92 Å². The Morgan fingerprint density at radius 2 is 1.67 bits per heavy atom. The summed E-state index contributed by atoms with van der Waals surface area (Å²) < 4.78 is 0. The average Bonchev–Trinajstić information content (AvgIpc) is 2.86. The number of hydrogen-bond acceptors (Lipinski definition) is 2. The quantitative estimate of drug-likeness (QED) is 0.878. The molecule has 2 rings (SSSR count). The molecule has 1 aliphatic rings. The van der Waals surface area contributed by atoms with E-state index in [-0.39, 0.29) is 5.54 Å². The van der Waals surface area contributed by atoms with Gasteiger partial charge in [-0.05, 0) is 59.3 Å². The third-order valence-electron chi connectivity index (χ3n) is 4.33. The van der Waals surface area contributed by atoms with Crippen molar-refractivity contribution in [2.24, 2.45) is 0 Å². The summed E-state index contributed by atoms with van der Waals surface area (Å²) in [6.45, 7) is 9.33. The van der Waals surface area contributed by atoms with Crippen molar-refractivity contribution < 1.29 is 0 Å². The zero-order valence-corrected chi connectivity index (χ0v) is 12.2. The van der Waals surface area contributed by atoms with Crippen molar-refractivity contribution in [3.63, 3.8) is 0 Å². The average molecular weight is 246 g/mol. The van der Waals surface area contributed by atoms with Crippen molar-refractivity contribution in [2.45, 2.75) is 45.2 Å². The summed E-state index contributed by atoms with van der Waals surface area (Å²) in [5.41, 5.74) is 2.88. The number of aryl methyl sites for hydroxylation is 1. The highest BCUT2D eigenvalue weighted by molar-refractivity contribution is 5.26. The lowest BCUT2D eigenvalue weighted by atomic mass is 9.87. The van der Waals surface area contributed by atoms with Crippen LogP contribution in [0.5, 0.6) is 0 Å². The minimum atomic E-state index is 0.167. The first-order chi connectivity index (χ1) is 8.55. The maximum Gasteiger partial charge on any atom is 0.0499 e. The first kappa shape index (κ1) is 13.6. The lowest BCUT2D eigenvalue weighted by Gasteiger charge is -2.42. The van der Waals surface area contributed by atoms with Crippen LogP contribution >= 0.6 is 0 Å². The monoisotopic (exact) mass is 246 g/mol. The molecule has 1 saturated heterocycles. The van der Waals surface area contributed by atoms with Gasteiger partial charge in [0.2, 0.25) is 0 Å². The number of benzene rings is 1. The largest absolute Gasteiger partial charge is 0.311 e. The van der Waals surface area contributed by atoms with Gasteiger partial charge in [0.05, 0.1) is 0 Å². The fraction of sp³-hybridized carbons (Fsp3) is 0.625. The minimum Gasteiger partial charge on any atom is -0.311 e. The standard InChI is InChI=1S/C16H26N2/c1-13-7-9-14(10-8-13)15(17-4)16(2,3)18-11-5-6-12-18/h7-10,15,17H,5-6,11-12H2,1-4H3. The van der Waals surface area contributed by atoms with E-state index in [0.717, 1.165) is 0 Å². The summed E-state index contributed by atoms with van der Waals surface area (Å²) in [6.07, 6.45) is 2.68. The van der Waals surface area contributed by atoms with Crippen LogP contribution in [0.4, 0.5) is 0 Å². The van der Waals surface area contributed by atoms with Crippen LogP contribution in [0.1, 0.15) is 43.9 Å². The molecule has 1 fully saturated rings. The number of likely N-dealkylation sites (tertiary alicyclic amines) is 1. The number of rotatable bonds is 4. The highest BCUT2D eigenvalue weighted by atomic mass is 15.2. The lowest BCUT2D eigenvalue weighted by molar-refractivity contribution is 0.110. The van der Waals surface area contributed by atoms with Crippen molar-refractivity contribution in [1.29, 1.82) is 0 Å². The maximum absolute atomic E-state index is 3.51. The second-order valence-corrected chi connectivity index (χ2v) is 5.98. The Morgan fingerprint density at radius 3 is 2.17 bits per heavy atom. The van der Waals surface area contributed by atoms with E-state index in [1.165, 1.54) is 37.1 Å². The van der Waals surface area contributed by atoms with E-state index in [4.69, 9.17) is 0 Å². The predicted molar refractivity (Wildman–Crippen MR) is 77.9 cm³/mol. The van der Waals surface area contributed by atoms with Gasteiger partial charge in [-0.3, -0.25) is 4.90 Å². The van der Waals surface area contributed by atoms with Gasteiger partial charge in [0.1, 0.15) is 0 Å². The van der Waals surface area contributed by atoms with Gasteiger partial charge >= 0.3 is 0 Å². The SMILES string of the molecule is CNC(c1ccc(C)cc1)C(C)(C)N1CCCC1. The second-order valence-electron chi connectivity index (χ2n) is 5.98. The molecule has 2 nitrogen and oxygen atoms in total. The molecule has 1 unspecified atom stereocenters. The normalized spacial score (nSPS) is 19.1. The molecule has 0 bridgehead atoms. The molecular formula is C16H26N2. The van der Waals surface area contributed by atoms with Crippen LogP contribution in [0.2, 0.25) is 0 Å². The van der Waals surface area contributed by atoms with Crippen LogP contribution in [-0.2, 0) is 0 Å². The summed E-state index contributed by atoms with van der Waals surface area (Å²) in [5.74, 6) is 0. The fourth-order valence-electron chi connectivity index (χ4n) is 3.16. The Hall–Kier alpha value is -0.860. The van der Waals surface area contributed by atoms with Crippen molar-refractivity contribution >= 4 is 0 Å². The van der Waals surface area contributed by atoms with E-state index in [1.807, 2.05) is 0 Å². The van der Waals surface area contributed by atoms with Gasteiger partial charge in [-0.2, -0.15) is 0 Å². The summed E-state index contributed by atoms with van der Waals surface area (Å²) in [7, 11) is 2.07. The number of nitrogens with one attached hydrogen (secondary N) is 1. The maximum atomic E-state index is 3.51. The number of hydrogen-bond donors (Lipinski definition) is 1. The van der Waals surface area contributed by atoms with E-state index in [2.05, 4.69) is 62.3 Å². The molecule has 1 aromatic rings. The number of nitrogens with zero attached hydrogens (tertiary/aromatic N) is 1. The number of likely N-dealkylation sites (N-methyl/N-ethyl adjacent to an activating group) is 1. The van der Waals surface area contributed by atoms with E-state index < -0.39 is 0 Å². The lowest BCUT2D eigenvalue weighted by Crippen LogP contribution is -2.50. The Labute approximate surface area is 111 Å². The van der Waals surface area contributed by atoms with Gasteiger partial charge < -0.3 is 5.32 Å². The first-order valence-electron chi connectivity index (χ1n) is 7.04. The summed E-state index contributed by atoms with van der Waals surface area (Å²) in [4.78, 5) is 2.62. The van der Waals surface area contributed by atoms with Gasteiger partial charge in [0, 0.05) is 11.6 Å². The highest BCUT2D eigenvalue weighted by Gasteiger charge is 2.36. The van der Waals surface area contributed by atoms with Crippen molar-refractivity contribution in [3.05, 3.63) is 35.4 Å². The van der Waals surface area contributed by atoms with Crippen molar-refractivity contribution in [2.75, 3.05) is 20.1 Å². The van der Waals surface area contributed by atoms with Crippen molar-refractivity contribution in [1.82, 2.24) is 10.2 Å². The molecule has 100 valence electrons. The van der Waals surface area contributed by atoms with Crippen molar-refractivity contribution in [3.8, 4) is 0 Å². The molecule has 1 atom stereocenters. The molecule has 0 aromatic heterocycles. The second kappa shape index (κ2) is 5.41. The minimum absolute atomic E-state index is 0.167. The molecule has 1 heterocycles. The molecule has 0 saturated carbocycles. The molecule has 18 heavy (non-hydrogen) atoms. The fourth-order valence-corrected chi connectivity index (χ4v) is 3.16. The van der Waals surface area contributed by atoms with Gasteiger partial charge in [-0.1, -0.05) is 29.8 Å². The summed E-state index contributed by atoms with van der Waals surface area (Å²) in [6, 6.07) is 9.32. The Bertz CT molecular complexity index is 375. The van der Waals surface area contributed by atoms with Crippen LogP contribution in [0.25, 0.3) is 0 Å². The third-order valence-corrected chi connectivity index (χ3v) is 4.33. The van der Waals surface area contributed by atoms with Crippen LogP contribution in [0.3, 0.4) is 0 Å². The predicted octanol–water partition coefficient (Wildman–Crippen LogP) is 3.13. The van der Waals surface area contributed by atoms with Gasteiger partial charge in [0.15, 0.2) is 0 Å². The molecular weight excluding hydrogens is 220 g/mol. The van der Waals surface area contributed by atoms with Crippen LogP contribution in [-0.4, -0.2) is 30.6 Å². The Morgan fingerprint density at radius 1 is 1.11 bits per heavy atom. The Kier molecular flexibility index (Phi) is 4.08. The molecule has 1 aromatic carbocycles. The molecule has 0 radical (unpaired) electrons. The first-order valence-corrected chi connectivity index (χ1v) is 7.04. The molecule has 1 N–H and O–H groups in total. The Balaban J connectivity index is 2.23. The molecule has 0 aliphatic carbocycles.